The fourth-order valence-corrected chi connectivity index (χ4v) is 4.82. The van der Waals surface area contributed by atoms with Crippen molar-refractivity contribution in [2.45, 2.75) is 36.6 Å². The normalized spacial score (nSPS) is 28.7. The van der Waals surface area contributed by atoms with Crippen LogP contribution in [0.25, 0.3) is 0 Å². The summed E-state index contributed by atoms with van der Waals surface area (Å²) in [5, 5.41) is 8.93. The number of carboxylic acid groups (broad SMARTS) is 1. The highest BCUT2D eigenvalue weighted by molar-refractivity contribution is 7.89. The Kier molecular flexibility index (Phi) is 3.30. The number of carbonyl (C=O) groups is 1. The van der Waals surface area contributed by atoms with E-state index in [1.807, 2.05) is 0 Å². The zero-order chi connectivity index (χ0) is 14.3. The zero-order valence-corrected chi connectivity index (χ0v) is 11.8. The first-order valence-corrected chi connectivity index (χ1v) is 8.30. The summed E-state index contributed by atoms with van der Waals surface area (Å²) in [4.78, 5) is 10.9. The minimum atomic E-state index is -3.64. The fourth-order valence-electron chi connectivity index (χ4n) is 3.45. The molecule has 2 aliphatic carbocycles. The van der Waals surface area contributed by atoms with Gasteiger partial charge in [-0.2, -0.15) is 0 Å². The van der Waals surface area contributed by atoms with Crippen molar-refractivity contribution >= 4 is 16.0 Å². The van der Waals surface area contributed by atoms with Gasteiger partial charge in [-0.05, 0) is 49.3 Å². The van der Waals surface area contributed by atoms with Gasteiger partial charge in [-0.15, -0.1) is 0 Å². The molecule has 108 valence electrons. The maximum atomic E-state index is 12.3. The predicted octanol–water partition coefficient (Wildman–Crippen LogP) is 1.85. The van der Waals surface area contributed by atoms with Crippen LogP contribution in [0.5, 0.6) is 0 Å². The van der Waals surface area contributed by atoms with Crippen LogP contribution in [0.4, 0.5) is 0 Å². The molecular weight excluding hydrogens is 278 g/mol. The predicted molar refractivity (Wildman–Crippen MR) is 73.0 cm³/mol. The Morgan fingerprint density at radius 1 is 1.25 bits per heavy atom. The summed E-state index contributed by atoms with van der Waals surface area (Å²) in [5.74, 6) is -0.0301. The monoisotopic (exact) mass is 295 g/mol. The third kappa shape index (κ3) is 2.45. The van der Waals surface area contributed by atoms with Gasteiger partial charge in [-0.25, -0.2) is 17.9 Å². The van der Waals surface area contributed by atoms with Gasteiger partial charge in [-0.1, -0.05) is 12.5 Å². The summed E-state index contributed by atoms with van der Waals surface area (Å²) < 4.78 is 27.4. The van der Waals surface area contributed by atoms with Crippen molar-refractivity contribution in [1.82, 2.24) is 4.72 Å². The van der Waals surface area contributed by atoms with E-state index in [0.717, 1.165) is 19.3 Å². The maximum Gasteiger partial charge on any atom is 0.335 e. The molecule has 1 aromatic carbocycles. The van der Waals surface area contributed by atoms with Gasteiger partial charge in [0, 0.05) is 6.04 Å². The van der Waals surface area contributed by atoms with E-state index in [1.54, 1.807) is 0 Å². The van der Waals surface area contributed by atoms with Gasteiger partial charge in [0.25, 0.3) is 0 Å². The van der Waals surface area contributed by atoms with Crippen molar-refractivity contribution in [2.24, 2.45) is 11.8 Å². The summed E-state index contributed by atoms with van der Waals surface area (Å²) >= 11 is 0. The molecule has 0 aliphatic heterocycles. The lowest BCUT2D eigenvalue weighted by molar-refractivity contribution is 0.0696. The summed E-state index contributed by atoms with van der Waals surface area (Å²) in [6.45, 7) is 0. The molecule has 2 aliphatic rings. The number of hydrogen-bond donors (Lipinski definition) is 2. The van der Waals surface area contributed by atoms with Crippen LogP contribution in [0.1, 0.15) is 36.0 Å². The first kappa shape index (κ1) is 13.6. The van der Waals surface area contributed by atoms with Gasteiger partial charge in [0.2, 0.25) is 10.0 Å². The van der Waals surface area contributed by atoms with Crippen LogP contribution < -0.4 is 4.72 Å². The second kappa shape index (κ2) is 4.86. The number of hydrogen-bond acceptors (Lipinski definition) is 3. The fraction of sp³-hybridized carbons (Fsp3) is 0.500. The molecule has 3 unspecified atom stereocenters. The summed E-state index contributed by atoms with van der Waals surface area (Å²) in [6, 6.07) is 5.49. The minimum Gasteiger partial charge on any atom is -0.478 e. The zero-order valence-electron chi connectivity index (χ0n) is 11.0. The topological polar surface area (TPSA) is 83.5 Å². The van der Waals surface area contributed by atoms with E-state index in [4.69, 9.17) is 5.11 Å². The lowest BCUT2D eigenvalue weighted by Gasteiger charge is -2.22. The van der Waals surface area contributed by atoms with Crippen molar-refractivity contribution in [3.05, 3.63) is 29.8 Å². The number of fused-ring (bicyclic) bond motifs is 2. The van der Waals surface area contributed by atoms with Crippen LogP contribution in [0, 0.1) is 11.8 Å². The van der Waals surface area contributed by atoms with E-state index in [-0.39, 0.29) is 16.5 Å². The molecule has 1 aromatic rings. The van der Waals surface area contributed by atoms with Crippen LogP contribution >= 0.6 is 0 Å². The van der Waals surface area contributed by atoms with Gasteiger partial charge in [0.05, 0.1) is 10.5 Å². The lowest BCUT2D eigenvalue weighted by Crippen LogP contribution is -2.38. The quantitative estimate of drug-likeness (QED) is 0.888. The maximum absolute atomic E-state index is 12.3. The van der Waals surface area contributed by atoms with Crippen LogP contribution in [0.2, 0.25) is 0 Å². The first-order chi connectivity index (χ1) is 9.45. The van der Waals surface area contributed by atoms with Crippen LogP contribution in [0.3, 0.4) is 0 Å². The molecule has 0 aromatic heterocycles. The Bertz CT molecular complexity index is 640. The largest absolute Gasteiger partial charge is 0.478 e. The summed E-state index contributed by atoms with van der Waals surface area (Å²) in [6.07, 6.45) is 4.31. The van der Waals surface area contributed by atoms with Gasteiger partial charge in [0.15, 0.2) is 0 Å². The highest BCUT2D eigenvalue weighted by Crippen LogP contribution is 2.44. The molecule has 20 heavy (non-hydrogen) atoms. The van der Waals surface area contributed by atoms with E-state index < -0.39 is 16.0 Å². The molecule has 2 saturated carbocycles. The molecule has 0 spiro atoms. The number of rotatable bonds is 4. The second-order valence-electron chi connectivity index (χ2n) is 5.74. The molecule has 2 fully saturated rings. The van der Waals surface area contributed by atoms with Gasteiger partial charge in [-0.3, -0.25) is 0 Å². The summed E-state index contributed by atoms with van der Waals surface area (Å²) in [5.41, 5.74) is -0.0131. The highest BCUT2D eigenvalue weighted by atomic mass is 32.2. The summed E-state index contributed by atoms with van der Waals surface area (Å²) in [7, 11) is -3.64. The Labute approximate surface area is 118 Å². The standard InChI is InChI=1S/C14H17NO4S/c16-14(17)11-2-1-3-12(8-11)20(18,19)15-13-7-9-4-5-10(13)6-9/h1-3,8-10,13,15H,4-7H2,(H,16,17). The number of sulfonamides is 1. The molecule has 2 bridgehead atoms. The molecule has 5 nitrogen and oxygen atoms in total. The number of carboxylic acids is 1. The Hall–Kier alpha value is -1.40. The van der Waals surface area contributed by atoms with Crippen molar-refractivity contribution in [1.29, 1.82) is 0 Å². The van der Waals surface area contributed by atoms with E-state index in [2.05, 4.69) is 4.72 Å². The van der Waals surface area contributed by atoms with Gasteiger partial charge >= 0.3 is 5.97 Å². The molecule has 0 radical (unpaired) electrons. The van der Waals surface area contributed by atoms with Crippen molar-refractivity contribution < 1.29 is 18.3 Å². The molecule has 3 rings (SSSR count). The Morgan fingerprint density at radius 2 is 2.05 bits per heavy atom. The third-order valence-electron chi connectivity index (χ3n) is 4.44. The molecule has 0 saturated heterocycles. The SMILES string of the molecule is O=C(O)c1cccc(S(=O)(=O)NC2CC3CCC2C3)c1. The van der Waals surface area contributed by atoms with Crippen molar-refractivity contribution in [2.75, 3.05) is 0 Å². The van der Waals surface area contributed by atoms with Gasteiger partial charge in [0.1, 0.15) is 0 Å². The third-order valence-corrected chi connectivity index (χ3v) is 5.92. The van der Waals surface area contributed by atoms with Crippen LogP contribution in [0.15, 0.2) is 29.2 Å². The minimum absolute atomic E-state index is 0.00670. The average molecular weight is 295 g/mol. The molecule has 0 heterocycles. The van der Waals surface area contributed by atoms with Crippen molar-refractivity contribution in [3.8, 4) is 0 Å². The Balaban J connectivity index is 1.81. The average Bonchev–Trinajstić information content (AvgIpc) is 3.00. The van der Waals surface area contributed by atoms with E-state index in [9.17, 15) is 13.2 Å². The molecule has 3 atom stereocenters. The van der Waals surface area contributed by atoms with E-state index in [1.165, 1.54) is 30.7 Å². The molecule has 0 amide bonds. The lowest BCUT2D eigenvalue weighted by atomic mass is 9.96. The van der Waals surface area contributed by atoms with Gasteiger partial charge < -0.3 is 5.11 Å². The van der Waals surface area contributed by atoms with E-state index in [0.29, 0.717) is 11.8 Å². The first-order valence-electron chi connectivity index (χ1n) is 6.81. The van der Waals surface area contributed by atoms with E-state index >= 15 is 0 Å². The number of aromatic carboxylic acids is 1. The molecular formula is C14H17NO4S. The smallest absolute Gasteiger partial charge is 0.335 e. The number of benzene rings is 1. The Morgan fingerprint density at radius 3 is 2.65 bits per heavy atom. The number of nitrogens with one attached hydrogen (secondary N) is 1. The van der Waals surface area contributed by atoms with Crippen molar-refractivity contribution in [3.63, 3.8) is 0 Å². The molecule has 2 N–H and O–H groups in total. The van der Waals surface area contributed by atoms with Crippen LogP contribution in [-0.4, -0.2) is 25.5 Å². The molecule has 6 heteroatoms. The highest BCUT2D eigenvalue weighted by Gasteiger charge is 2.41. The van der Waals surface area contributed by atoms with Crippen LogP contribution in [-0.2, 0) is 10.0 Å². The second-order valence-corrected chi connectivity index (χ2v) is 7.45.